The lowest BCUT2D eigenvalue weighted by Crippen LogP contribution is -2.42. The van der Waals surface area contributed by atoms with Gasteiger partial charge in [-0.1, -0.05) is 66.7 Å². The van der Waals surface area contributed by atoms with Gasteiger partial charge in [0.25, 0.3) is 5.56 Å². The number of aromatic amines is 1. The number of esters is 1. The van der Waals surface area contributed by atoms with Gasteiger partial charge in [-0.2, -0.15) is 9.48 Å². The lowest BCUT2D eigenvalue weighted by molar-refractivity contribution is -0.146. The van der Waals surface area contributed by atoms with Crippen molar-refractivity contribution in [3.05, 3.63) is 111 Å². The third kappa shape index (κ3) is 6.63. The molecule has 1 aliphatic carbocycles. The Hall–Kier alpha value is -4.13. The van der Waals surface area contributed by atoms with Gasteiger partial charge in [0.1, 0.15) is 36.3 Å². The molecule has 236 valence electrons. The number of benzene rings is 3. The van der Waals surface area contributed by atoms with Gasteiger partial charge in [0.05, 0.1) is 12.3 Å². The first-order chi connectivity index (χ1) is 21.6. The summed E-state index contributed by atoms with van der Waals surface area (Å²) in [6.45, 7) is 1.46. The van der Waals surface area contributed by atoms with E-state index in [0.717, 1.165) is 15.5 Å². The summed E-state index contributed by atoms with van der Waals surface area (Å²) in [7, 11) is -4.42. The predicted octanol–water partition coefficient (Wildman–Crippen LogP) is 3.94. The molecule has 0 amide bonds. The van der Waals surface area contributed by atoms with Crippen LogP contribution in [-0.2, 0) is 30.0 Å². The fraction of sp³-hybridized carbons (Fsp3) is 0.323. The maximum absolute atomic E-state index is 14.6. The third-order valence-electron chi connectivity index (χ3n) is 7.79. The Kier molecular flexibility index (Phi) is 8.47. The van der Waals surface area contributed by atoms with Crippen molar-refractivity contribution in [2.24, 2.45) is 0 Å². The van der Waals surface area contributed by atoms with Crippen LogP contribution < -0.4 is 20.9 Å². The lowest BCUT2D eigenvalue weighted by Gasteiger charge is -2.31. The van der Waals surface area contributed by atoms with Gasteiger partial charge in [-0.05, 0) is 36.8 Å². The van der Waals surface area contributed by atoms with Crippen molar-refractivity contribution in [1.82, 2.24) is 14.6 Å². The zero-order valence-electron chi connectivity index (χ0n) is 24.1. The lowest BCUT2D eigenvalue weighted by atomic mass is 10.1. The summed E-state index contributed by atoms with van der Waals surface area (Å²) < 4.78 is 53.1. The molecule has 1 aromatic heterocycles. The summed E-state index contributed by atoms with van der Waals surface area (Å²) in [5.41, 5.74) is -2.66. The minimum atomic E-state index is -4.42. The zero-order chi connectivity index (χ0) is 31.8. The van der Waals surface area contributed by atoms with Crippen molar-refractivity contribution >= 4 is 24.5 Å². The highest BCUT2D eigenvalue weighted by Crippen LogP contribution is 2.60. The van der Waals surface area contributed by atoms with Crippen molar-refractivity contribution in [3.8, 4) is 5.75 Å². The molecular formula is C31H31FN3O9P. The fourth-order valence-corrected chi connectivity index (χ4v) is 7.29. The Morgan fingerprint density at radius 2 is 1.84 bits per heavy atom. The molecule has 5 atom stereocenters. The smallest absolute Gasteiger partial charge is 0.460 e. The average Bonchev–Trinajstić information content (AvgIpc) is 3.68. The van der Waals surface area contributed by atoms with E-state index in [9.17, 15) is 28.4 Å². The quantitative estimate of drug-likeness (QED) is 0.162. The molecule has 6 rings (SSSR count). The Labute approximate surface area is 256 Å². The summed E-state index contributed by atoms with van der Waals surface area (Å²) in [5.74, 6) is -1.67. The van der Waals surface area contributed by atoms with Crippen LogP contribution in [0.4, 0.5) is 4.39 Å². The van der Waals surface area contributed by atoms with Crippen LogP contribution >= 0.6 is 7.75 Å². The van der Waals surface area contributed by atoms with Crippen LogP contribution in [-0.4, -0.2) is 44.5 Å². The predicted molar refractivity (Wildman–Crippen MR) is 160 cm³/mol. The van der Waals surface area contributed by atoms with Gasteiger partial charge in [-0.3, -0.25) is 23.7 Å². The highest BCUT2D eigenvalue weighted by Gasteiger charge is 2.61. The van der Waals surface area contributed by atoms with Gasteiger partial charge < -0.3 is 19.1 Å². The SMILES string of the molecule is C[C@H](N[P@](=O)(Oc1cccc2ccccc12)OC1([C@H]2O[C@@H](n3cc(F)c(=O)[nH]c3=O)C[C@@H]2O)CC1)C(=O)OCc1ccccc1. The fourth-order valence-electron chi connectivity index (χ4n) is 5.38. The van der Waals surface area contributed by atoms with E-state index in [2.05, 4.69) is 5.09 Å². The molecule has 12 nitrogen and oxygen atoms in total. The van der Waals surface area contributed by atoms with Gasteiger partial charge in [-0.15, -0.1) is 0 Å². The molecule has 1 saturated carbocycles. The molecule has 0 radical (unpaired) electrons. The van der Waals surface area contributed by atoms with E-state index >= 15 is 0 Å². The van der Waals surface area contributed by atoms with Gasteiger partial charge >= 0.3 is 19.4 Å². The molecule has 1 saturated heterocycles. The number of halogens is 1. The van der Waals surface area contributed by atoms with Gasteiger partial charge in [-0.25, -0.2) is 9.36 Å². The second-order valence-electron chi connectivity index (χ2n) is 11.1. The number of H-pyrrole nitrogens is 1. The van der Waals surface area contributed by atoms with E-state index < -0.39 is 60.9 Å². The maximum Gasteiger partial charge on any atom is 0.460 e. The van der Waals surface area contributed by atoms with Crippen LogP contribution in [0.15, 0.2) is 88.6 Å². The van der Waals surface area contributed by atoms with E-state index in [-0.39, 0.29) is 18.8 Å². The Balaban J connectivity index is 1.26. The van der Waals surface area contributed by atoms with E-state index in [1.54, 1.807) is 36.4 Å². The third-order valence-corrected chi connectivity index (χ3v) is 9.54. The summed E-state index contributed by atoms with van der Waals surface area (Å²) in [6, 6.07) is 20.4. The topological polar surface area (TPSA) is 158 Å². The molecule has 0 unspecified atom stereocenters. The second-order valence-corrected chi connectivity index (χ2v) is 12.7. The number of fused-ring (bicyclic) bond motifs is 1. The molecule has 2 heterocycles. The van der Waals surface area contributed by atoms with Crippen LogP contribution in [0.5, 0.6) is 5.75 Å². The Morgan fingerprint density at radius 1 is 1.13 bits per heavy atom. The van der Waals surface area contributed by atoms with Crippen molar-refractivity contribution in [2.75, 3.05) is 0 Å². The zero-order valence-corrected chi connectivity index (χ0v) is 25.0. The van der Waals surface area contributed by atoms with E-state index in [4.69, 9.17) is 18.5 Å². The standard InChI is InChI=1S/C31H31FN3O9P/c1-19(29(38)41-18-20-8-3-2-4-9-20)34-45(40,43-25-13-7-11-21-10-5-6-12-22(21)25)44-31(14-15-31)27-24(36)16-26(42-27)35-17-23(32)28(37)33-30(35)39/h2-13,17,19,24,26-27,36H,14-16,18H2,1H3,(H,34,40)(H,33,37,39)/t19-,24-,26+,27-,45-/m0/s1. The molecule has 3 N–H and O–H groups in total. The molecule has 4 aromatic rings. The summed E-state index contributed by atoms with van der Waals surface area (Å²) in [5, 5.41) is 15.1. The number of hydrogen-bond acceptors (Lipinski definition) is 9. The van der Waals surface area contributed by atoms with Crippen molar-refractivity contribution in [1.29, 1.82) is 0 Å². The maximum atomic E-state index is 14.6. The number of aliphatic hydroxyl groups excluding tert-OH is 1. The molecule has 2 aliphatic rings. The van der Waals surface area contributed by atoms with Crippen LogP contribution in [0.2, 0.25) is 0 Å². The number of carbonyl (C=O) groups is 1. The Bertz CT molecular complexity index is 1870. The monoisotopic (exact) mass is 639 g/mol. The minimum Gasteiger partial charge on any atom is -0.460 e. The number of carbonyl (C=O) groups excluding carboxylic acids is 1. The summed E-state index contributed by atoms with van der Waals surface area (Å²) >= 11 is 0. The Morgan fingerprint density at radius 3 is 2.60 bits per heavy atom. The molecule has 0 spiro atoms. The minimum absolute atomic E-state index is 0.000814. The molecule has 3 aromatic carbocycles. The van der Waals surface area contributed by atoms with Gasteiger partial charge in [0.2, 0.25) is 5.82 Å². The number of hydrogen-bond donors (Lipinski definition) is 3. The van der Waals surface area contributed by atoms with E-state index in [0.29, 0.717) is 24.4 Å². The summed E-state index contributed by atoms with van der Waals surface area (Å²) in [4.78, 5) is 38.7. The van der Waals surface area contributed by atoms with Crippen molar-refractivity contribution < 1.29 is 37.4 Å². The molecule has 0 bridgehead atoms. The molecule has 2 fully saturated rings. The van der Waals surface area contributed by atoms with Gasteiger partial charge in [0, 0.05) is 11.8 Å². The average molecular weight is 640 g/mol. The number of aromatic nitrogens is 2. The van der Waals surface area contributed by atoms with Crippen molar-refractivity contribution in [3.63, 3.8) is 0 Å². The van der Waals surface area contributed by atoms with Crippen LogP contribution in [0.25, 0.3) is 10.8 Å². The first-order valence-corrected chi connectivity index (χ1v) is 15.9. The number of nitrogens with one attached hydrogen (secondary N) is 2. The molecule has 14 heteroatoms. The first-order valence-electron chi connectivity index (χ1n) is 14.4. The van der Waals surface area contributed by atoms with Crippen LogP contribution in [0, 0.1) is 5.82 Å². The molecular weight excluding hydrogens is 608 g/mol. The number of rotatable bonds is 11. The van der Waals surface area contributed by atoms with Crippen LogP contribution in [0.1, 0.15) is 38.0 Å². The molecule has 1 aliphatic heterocycles. The van der Waals surface area contributed by atoms with Crippen molar-refractivity contribution in [2.45, 2.75) is 62.9 Å². The number of nitrogens with zero attached hydrogens (tertiary/aromatic N) is 1. The van der Waals surface area contributed by atoms with Crippen LogP contribution in [0.3, 0.4) is 0 Å². The van der Waals surface area contributed by atoms with Gasteiger partial charge in [0.15, 0.2) is 0 Å². The van der Waals surface area contributed by atoms with E-state index in [1.165, 1.54) is 6.92 Å². The van der Waals surface area contributed by atoms with E-state index in [1.807, 2.05) is 41.4 Å². The normalized spacial score (nSPS) is 22.4. The molecule has 45 heavy (non-hydrogen) atoms. The highest BCUT2D eigenvalue weighted by atomic mass is 31.2. The first kappa shape index (κ1) is 30.9. The second kappa shape index (κ2) is 12.3. The number of aliphatic hydroxyl groups is 1. The number of ether oxygens (including phenoxy) is 2. The summed E-state index contributed by atoms with van der Waals surface area (Å²) in [6.07, 6.45) is -2.27. The highest BCUT2D eigenvalue weighted by molar-refractivity contribution is 7.52. The largest absolute Gasteiger partial charge is 0.460 e.